The van der Waals surface area contributed by atoms with Gasteiger partial charge in [0, 0.05) is 42.7 Å². The highest BCUT2D eigenvalue weighted by Crippen LogP contribution is 2.30. The highest BCUT2D eigenvalue weighted by molar-refractivity contribution is 6.04. The number of hydrogen-bond donors (Lipinski definition) is 0. The second kappa shape index (κ2) is 6.67. The molecule has 4 rings (SSSR count). The molecule has 7 nitrogen and oxygen atoms in total. The lowest BCUT2D eigenvalue weighted by molar-refractivity contribution is -0.0970. The standard InChI is InChI=1S/C18H19FN4O3/c1-22-11-6-13(7-12(22)10-25-9-11)26-18(24)15-8-23(5-3-20)16-14(15)2-4-21-17(16)19/h2,4,8,11-13H,5-7,9-10H2,1H3/t11-,12+,13?. The lowest BCUT2D eigenvalue weighted by atomic mass is 9.92. The van der Waals surface area contributed by atoms with E-state index >= 15 is 0 Å². The van der Waals surface area contributed by atoms with Crippen molar-refractivity contribution in [1.29, 1.82) is 5.26 Å². The van der Waals surface area contributed by atoms with Crippen LogP contribution in [0.15, 0.2) is 18.5 Å². The lowest BCUT2D eigenvalue weighted by Crippen LogP contribution is -2.56. The first-order valence-electron chi connectivity index (χ1n) is 8.59. The lowest BCUT2D eigenvalue weighted by Gasteiger charge is -2.46. The molecule has 2 aromatic rings. The zero-order valence-electron chi connectivity index (χ0n) is 14.4. The number of aromatic nitrogens is 2. The van der Waals surface area contributed by atoms with Crippen molar-refractivity contribution in [3.8, 4) is 6.07 Å². The van der Waals surface area contributed by atoms with Gasteiger partial charge in [0.25, 0.3) is 0 Å². The Morgan fingerprint density at radius 1 is 1.46 bits per heavy atom. The Hall–Kier alpha value is -2.50. The Labute approximate surface area is 149 Å². The number of piperidine rings is 1. The fourth-order valence-electron chi connectivity index (χ4n) is 3.93. The number of hydrogen-bond acceptors (Lipinski definition) is 6. The van der Waals surface area contributed by atoms with E-state index < -0.39 is 11.9 Å². The normalized spacial score (nSPS) is 25.8. The van der Waals surface area contributed by atoms with Gasteiger partial charge in [0.2, 0.25) is 5.95 Å². The molecule has 2 fully saturated rings. The largest absolute Gasteiger partial charge is 0.459 e. The Morgan fingerprint density at radius 2 is 2.19 bits per heavy atom. The summed E-state index contributed by atoms with van der Waals surface area (Å²) in [5.41, 5.74) is 0.409. The number of rotatable bonds is 3. The molecule has 136 valence electrons. The molecule has 2 saturated heterocycles. The second-order valence-corrected chi connectivity index (χ2v) is 6.84. The van der Waals surface area contributed by atoms with Crippen molar-refractivity contribution in [3.05, 3.63) is 30.0 Å². The number of carbonyl (C=O) groups excluding carboxylic acids is 1. The molecule has 3 atom stereocenters. The van der Waals surface area contributed by atoms with Gasteiger partial charge in [-0.3, -0.25) is 4.90 Å². The summed E-state index contributed by atoms with van der Waals surface area (Å²) < 4.78 is 26.8. The van der Waals surface area contributed by atoms with Crippen molar-refractivity contribution < 1.29 is 18.7 Å². The third-order valence-corrected chi connectivity index (χ3v) is 5.32. The first kappa shape index (κ1) is 16.9. The zero-order chi connectivity index (χ0) is 18.3. The fraction of sp³-hybridized carbons (Fsp3) is 0.500. The molecule has 4 heterocycles. The minimum absolute atomic E-state index is 0.0674. The summed E-state index contributed by atoms with van der Waals surface area (Å²) in [5, 5.41) is 9.36. The van der Waals surface area contributed by atoms with Crippen molar-refractivity contribution in [2.24, 2.45) is 0 Å². The van der Waals surface area contributed by atoms with Gasteiger partial charge >= 0.3 is 5.97 Å². The van der Waals surface area contributed by atoms with E-state index in [9.17, 15) is 9.18 Å². The van der Waals surface area contributed by atoms with Gasteiger partial charge in [-0.15, -0.1) is 0 Å². The predicted octanol–water partition coefficient (Wildman–Crippen LogP) is 1.72. The van der Waals surface area contributed by atoms with E-state index in [2.05, 4.69) is 16.9 Å². The molecule has 0 aliphatic carbocycles. The van der Waals surface area contributed by atoms with Crippen LogP contribution in [-0.2, 0) is 16.0 Å². The number of halogens is 1. The summed E-state index contributed by atoms with van der Waals surface area (Å²) in [5.74, 6) is -1.20. The maximum Gasteiger partial charge on any atom is 0.340 e. The number of nitriles is 1. The topological polar surface area (TPSA) is 80.4 Å². The maximum atomic E-state index is 14.1. The molecule has 2 aliphatic heterocycles. The molecule has 2 aromatic heterocycles. The summed E-state index contributed by atoms with van der Waals surface area (Å²) in [6.45, 7) is 1.21. The number of fused-ring (bicyclic) bond motifs is 3. The van der Waals surface area contributed by atoms with E-state index in [1.165, 1.54) is 17.0 Å². The molecule has 8 heteroatoms. The average Bonchev–Trinajstić information content (AvgIpc) is 2.96. The number of ether oxygens (including phenoxy) is 2. The molecule has 0 amide bonds. The van der Waals surface area contributed by atoms with E-state index in [1.54, 1.807) is 6.07 Å². The number of morpholine rings is 1. The van der Waals surface area contributed by atoms with Crippen LogP contribution in [0.5, 0.6) is 0 Å². The van der Waals surface area contributed by atoms with Crippen LogP contribution in [0, 0.1) is 17.3 Å². The van der Waals surface area contributed by atoms with Crippen molar-refractivity contribution in [2.75, 3.05) is 20.3 Å². The monoisotopic (exact) mass is 358 g/mol. The number of carbonyl (C=O) groups is 1. The quantitative estimate of drug-likeness (QED) is 0.614. The van der Waals surface area contributed by atoms with Crippen LogP contribution in [0.2, 0.25) is 0 Å². The zero-order valence-corrected chi connectivity index (χ0v) is 14.4. The summed E-state index contributed by atoms with van der Waals surface area (Å²) in [7, 11) is 2.07. The number of likely N-dealkylation sites (N-methyl/N-ethyl adjacent to an activating group) is 1. The van der Waals surface area contributed by atoms with E-state index in [0.717, 1.165) is 0 Å². The third-order valence-electron chi connectivity index (χ3n) is 5.32. The van der Waals surface area contributed by atoms with Crippen LogP contribution in [0.25, 0.3) is 10.9 Å². The molecule has 0 radical (unpaired) electrons. The third kappa shape index (κ3) is 2.83. The van der Waals surface area contributed by atoms with E-state index in [1.807, 2.05) is 6.07 Å². The Balaban J connectivity index is 1.59. The highest BCUT2D eigenvalue weighted by atomic mass is 19.1. The van der Waals surface area contributed by atoms with Crippen molar-refractivity contribution in [1.82, 2.24) is 14.5 Å². The van der Waals surface area contributed by atoms with E-state index in [0.29, 0.717) is 31.4 Å². The van der Waals surface area contributed by atoms with Crippen molar-refractivity contribution >= 4 is 16.9 Å². The van der Waals surface area contributed by atoms with Gasteiger partial charge in [-0.05, 0) is 13.1 Å². The summed E-state index contributed by atoms with van der Waals surface area (Å²) in [4.78, 5) is 18.7. The SMILES string of the molecule is CN1[C@@H]2COC[C@H]1CC(OC(=O)c1cn(CC#N)c3c(F)nccc13)C2. The van der Waals surface area contributed by atoms with Gasteiger partial charge in [0.05, 0.1) is 24.8 Å². The second-order valence-electron chi connectivity index (χ2n) is 6.84. The van der Waals surface area contributed by atoms with Gasteiger partial charge in [-0.2, -0.15) is 9.65 Å². The van der Waals surface area contributed by atoms with E-state index in [4.69, 9.17) is 14.7 Å². The minimum atomic E-state index is -0.706. The summed E-state index contributed by atoms with van der Waals surface area (Å²) in [6.07, 6.45) is 4.01. The molecule has 0 saturated carbocycles. The number of esters is 1. The average molecular weight is 358 g/mol. The fourth-order valence-corrected chi connectivity index (χ4v) is 3.93. The Kier molecular flexibility index (Phi) is 4.34. The van der Waals surface area contributed by atoms with Crippen LogP contribution in [0.1, 0.15) is 23.2 Å². The van der Waals surface area contributed by atoms with E-state index in [-0.39, 0.29) is 35.8 Å². The first-order chi connectivity index (χ1) is 12.6. The Morgan fingerprint density at radius 3 is 2.88 bits per heavy atom. The van der Waals surface area contributed by atoms with Gasteiger partial charge in [0.1, 0.15) is 18.2 Å². The molecule has 2 bridgehead atoms. The smallest absolute Gasteiger partial charge is 0.340 e. The highest BCUT2D eigenvalue weighted by Gasteiger charge is 2.38. The van der Waals surface area contributed by atoms with Gasteiger partial charge in [-0.1, -0.05) is 0 Å². The van der Waals surface area contributed by atoms with Crippen LogP contribution >= 0.6 is 0 Å². The van der Waals surface area contributed by atoms with Crippen LogP contribution < -0.4 is 0 Å². The van der Waals surface area contributed by atoms with Crippen LogP contribution in [0.3, 0.4) is 0 Å². The molecule has 0 aromatic carbocycles. The Bertz CT molecular complexity index is 876. The van der Waals surface area contributed by atoms with Crippen molar-refractivity contribution in [2.45, 2.75) is 37.6 Å². The molecular weight excluding hydrogens is 339 g/mol. The molecule has 0 N–H and O–H groups in total. The van der Waals surface area contributed by atoms with Crippen LogP contribution in [-0.4, -0.2) is 58.9 Å². The molecule has 26 heavy (non-hydrogen) atoms. The molecule has 0 spiro atoms. The van der Waals surface area contributed by atoms with Gasteiger partial charge in [-0.25, -0.2) is 9.78 Å². The predicted molar refractivity (Wildman–Crippen MR) is 89.9 cm³/mol. The van der Waals surface area contributed by atoms with Crippen molar-refractivity contribution in [3.63, 3.8) is 0 Å². The molecule has 1 unspecified atom stereocenters. The number of nitrogens with zero attached hydrogens (tertiary/aromatic N) is 4. The van der Waals surface area contributed by atoms with Gasteiger partial charge in [0.15, 0.2) is 0 Å². The summed E-state index contributed by atoms with van der Waals surface area (Å²) in [6, 6.07) is 4.01. The maximum absolute atomic E-state index is 14.1. The number of pyridine rings is 1. The molecule has 2 aliphatic rings. The summed E-state index contributed by atoms with van der Waals surface area (Å²) >= 11 is 0. The van der Waals surface area contributed by atoms with Crippen LogP contribution in [0.4, 0.5) is 4.39 Å². The minimum Gasteiger partial charge on any atom is -0.459 e. The first-order valence-corrected chi connectivity index (χ1v) is 8.59. The molecular formula is C18H19FN4O3. The van der Waals surface area contributed by atoms with Gasteiger partial charge < -0.3 is 14.0 Å².